The molecule has 0 aliphatic carbocycles. The predicted molar refractivity (Wildman–Crippen MR) is 72.3 cm³/mol. The van der Waals surface area contributed by atoms with Gasteiger partial charge < -0.3 is 14.6 Å². The van der Waals surface area contributed by atoms with Gasteiger partial charge in [-0.25, -0.2) is 4.98 Å². The zero-order chi connectivity index (χ0) is 13.4. The van der Waals surface area contributed by atoms with E-state index in [2.05, 4.69) is 9.97 Å². The molecule has 19 heavy (non-hydrogen) atoms. The topological polar surface area (TPSA) is 58.2 Å². The molecule has 0 bridgehead atoms. The van der Waals surface area contributed by atoms with Crippen molar-refractivity contribution in [3.63, 3.8) is 0 Å². The van der Waals surface area contributed by atoms with E-state index in [1.165, 1.54) is 0 Å². The van der Waals surface area contributed by atoms with E-state index in [0.29, 0.717) is 5.92 Å². The van der Waals surface area contributed by atoms with Crippen LogP contribution in [0.15, 0.2) is 18.2 Å². The SMILES string of the molecule is COc1ccc2nc(C3CCN(C(C)=O)C3)[nH]c2c1. The molecule has 3 rings (SSSR count). The molecular weight excluding hydrogens is 242 g/mol. The number of fused-ring (bicyclic) bond motifs is 1. The van der Waals surface area contributed by atoms with Gasteiger partial charge in [0.1, 0.15) is 11.6 Å². The van der Waals surface area contributed by atoms with Crippen molar-refractivity contribution in [3.8, 4) is 5.75 Å². The van der Waals surface area contributed by atoms with Crippen molar-refractivity contribution >= 4 is 16.9 Å². The first-order chi connectivity index (χ1) is 9.17. The summed E-state index contributed by atoms with van der Waals surface area (Å²) in [5.74, 6) is 2.23. The van der Waals surface area contributed by atoms with Crippen LogP contribution in [-0.2, 0) is 4.79 Å². The minimum atomic E-state index is 0.139. The van der Waals surface area contributed by atoms with Crippen LogP contribution < -0.4 is 4.74 Å². The van der Waals surface area contributed by atoms with Crippen LogP contribution in [0.25, 0.3) is 11.0 Å². The van der Waals surface area contributed by atoms with E-state index in [1.54, 1.807) is 14.0 Å². The maximum Gasteiger partial charge on any atom is 0.219 e. The Labute approximate surface area is 111 Å². The van der Waals surface area contributed by atoms with E-state index >= 15 is 0 Å². The Kier molecular flexibility index (Phi) is 2.89. The molecule has 1 aliphatic rings. The summed E-state index contributed by atoms with van der Waals surface area (Å²) in [6.07, 6.45) is 0.969. The summed E-state index contributed by atoms with van der Waals surface area (Å²) in [5.41, 5.74) is 1.92. The van der Waals surface area contributed by atoms with Crippen molar-refractivity contribution in [1.82, 2.24) is 14.9 Å². The lowest BCUT2D eigenvalue weighted by molar-refractivity contribution is -0.127. The third-order valence-corrected chi connectivity index (χ3v) is 3.73. The van der Waals surface area contributed by atoms with Gasteiger partial charge in [-0.1, -0.05) is 0 Å². The summed E-state index contributed by atoms with van der Waals surface area (Å²) >= 11 is 0. The number of carbonyl (C=O) groups excluding carboxylic acids is 1. The first-order valence-corrected chi connectivity index (χ1v) is 6.46. The van der Waals surface area contributed by atoms with Gasteiger partial charge in [-0.05, 0) is 18.6 Å². The predicted octanol–water partition coefficient (Wildman–Crippen LogP) is 1.91. The zero-order valence-electron chi connectivity index (χ0n) is 11.1. The number of aromatic amines is 1. The van der Waals surface area contributed by atoms with E-state index in [-0.39, 0.29) is 5.91 Å². The van der Waals surface area contributed by atoms with Gasteiger partial charge in [-0.2, -0.15) is 0 Å². The second-order valence-corrected chi connectivity index (χ2v) is 4.96. The average molecular weight is 259 g/mol. The third-order valence-electron chi connectivity index (χ3n) is 3.73. The number of hydrogen-bond donors (Lipinski definition) is 1. The number of likely N-dealkylation sites (tertiary alicyclic amines) is 1. The number of nitrogens with zero attached hydrogens (tertiary/aromatic N) is 2. The Morgan fingerprint density at radius 2 is 2.37 bits per heavy atom. The molecule has 2 heterocycles. The van der Waals surface area contributed by atoms with E-state index in [9.17, 15) is 4.79 Å². The Balaban J connectivity index is 1.88. The number of hydrogen-bond acceptors (Lipinski definition) is 3. The van der Waals surface area contributed by atoms with Gasteiger partial charge in [0, 0.05) is 32.0 Å². The van der Waals surface area contributed by atoms with Crippen LogP contribution in [0.2, 0.25) is 0 Å². The summed E-state index contributed by atoms with van der Waals surface area (Å²) in [7, 11) is 1.65. The highest BCUT2D eigenvalue weighted by Crippen LogP contribution is 2.28. The molecule has 0 radical (unpaired) electrons. The van der Waals surface area contributed by atoms with Gasteiger partial charge in [-0.15, -0.1) is 0 Å². The van der Waals surface area contributed by atoms with E-state index in [0.717, 1.165) is 42.1 Å². The van der Waals surface area contributed by atoms with Crippen molar-refractivity contribution in [2.24, 2.45) is 0 Å². The molecule has 5 heteroatoms. The molecule has 1 N–H and O–H groups in total. The van der Waals surface area contributed by atoms with Gasteiger partial charge in [-0.3, -0.25) is 4.79 Å². The van der Waals surface area contributed by atoms with E-state index < -0.39 is 0 Å². The molecule has 1 aromatic heterocycles. The standard InChI is InChI=1S/C14H17N3O2/c1-9(18)17-6-5-10(8-17)14-15-12-4-3-11(19-2)7-13(12)16-14/h3-4,7,10H,5-6,8H2,1-2H3,(H,15,16). The molecule has 0 spiro atoms. The number of H-pyrrole nitrogens is 1. The monoisotopic (exact) mass is 259 g/mol. The number of rotatable bonds is 2. The van der Waals surface area contributed by atoms with Crippen molar-refractivity contribution < 1.29 is 9.53 Å². The number of ether oxygens (including phenoxy) is 1. The normalized spacial score (nSPS) is 19.1. The zero-order valence-corrected chi connectivity index (χ0v) is 11.1. The number of nitrogens with one attached hydrogen (secondary N) is 1. The van der Waals surface area contributed by atoms with Crippen LogP contribution in [0.3, 0.4) is 0 Å². The molecule has 1 unspecified atom stereocenters. The van der Waals surface area contributed by atoms with Gasteiger partial charge >= 0.3 is 0 Å². The Morgan fingerprint density at radius 1 is 1.53 bits per heavy atom. The van der Waals surface area contributed by atoms with E-state index in [4.69, 9.17) is 4.74 Å². The molecule has 1 atom stereocenters. The van der Waals surface area contributed by atoms with Crippen molar-refractivity contribution in [2.75, 3.05) is 20.2 Å². The molecule has 0 saturated carbocycles. The van der Waals surface area contributed by atoms with Gasteiger partial charge in [0.2, 0.25) is 5.91 Å². The van der Waals surface area contributed by atoms with Crippen LogP contribution >= 0.6 is 0 Å². The molecule has 5 nitrogen and oxygen atoms in total. The smallest absolute Gasteiger partial charge is 0.219 e. The van der Waals surface area contributed by atoms with Crippen molar-refractivity contribution in [3.05, 3.63) is 24.0 Å². The van der Waals surface area contributed by atoms with Crippen LogP contribution in [0.4, 0.5) is 0 Å². The average Bonchev–Trinajstić information content (AvgIpc) is 3.04. The molecule has 1 aliphatic heterocycles. The third kappa shape index (κ3) is 2.16. The maximum absolute atomic E-state index is 11.4. The molecule has 2 aromatic rings. The number of aromatic nitrogens is 2. The number of methoxy groups -OCH3 is 1. The molecule has 1 fully saturated rings. The number of carbonyl (C=O) groups is 1. The summed E-state index contributed by atoms with van der Waals surface area (Å²) in [4.78, 5) is 21.2. The second-order valence-electron chi connectivity index (χ2n) is 4.96. The van der Waals surface area contributed by atoms with Crippen LogP contribution in [-0.4, -0.2) is 41.0 Å². The second kappa shape index (κ2) is 4.57. The minimum absolute atomic E-state index is 0.139. The van der Waals surface area contributed by atoms with Gasteiger partial charge in [0.05, 0.1) is 18.1 Å². The molecular formula is C14H17N3O2. The van der Waals surface area contributed by atoms with Crippen LogP contribution in [0.1, 0.15) is 25.1 Å². The van der Waals surface area contributed by atoms with Crippen LogP contribution in [0, 0.1) is 0 Å². The molecule has 100 valence electrons. The fourth-order valence-electron chi connectivity index (χ4n) is 2.60. The highest BCUT2D eigenvalue weighted by Gasteiger charge is 2.27. The quantitative estimate of drug-likeness (QED) is 0.896. The minimum Gasteiger partial charge on any atom is -0.497 e. The first kappa shape index (κ1) is 12.0. The fourth-order valence-corrected chi connectivity index (χ4v) is 2.60. The summed E-state index contributed by atoms with van der Waals surface area (Å²) in [5, 5.41) is 0. The van der Waals surface area contributed by atoms with Gasteiger partial charge in [0.25, 0.3) is 0 Å². The van der Waals surface area contributed by atoms with Crippen molar-refractivity contribution in [2.45, 2.75) is 19.3 Å². The first-order valence-electron chi connectivity index (χ1n) is 6.46. The lowest BCUT2D eigenvalue weighted by Crippen LogP contribution is -2.25. The molecule has 1 saturated heterocycles. The van der Waals surface area contributed by atoms with Gasteiger partial charge in [0.15, 0.2) is 0 Å². The molecule has 1 aromatic carbocycles. The highest BCUT2D eigenvalue weighted by atomic mass is 16.5. The van der Waals surface area contributed by atoms with E-state index in [1.807, 2.05) is 23.1 Å². The summed E-state index contributed by atoms with van der Waals surface area (Å²) in [6.45, 7) is 3.19. The fraction of sp³-hybridized carbons (Fsp3) is 0.429. The summed E-state index contributed by atoms with van der Waals surface area (Å²) in [6, 6.07) is 5.80. The molecule has 1 amide bonds. The van der Waals surface area contributed by atoms with Crippen molar-refractivity contribution in [1.29, 1.82) is 0 Å². The summed E-state index contributed by atoms with van der Waals surface area (Å²) < 4.78 is 5.20. The number of amides is 1. The Morgan fingerprint density at radius 3 is 3.05 bits per heavy atom. The number of benzene rings is 1. The lowest BCUT2D eigenvalue weighted by Gasteiger charge is -2.12. The van der Waals surface area contributed by atoms with Crippen LogP contribution in [0.5, 0.6) is 5.75 Å². The maximum atomic E-state index is 11.4. The largest absolute Gasteiger partial charge is 0.497 e. The number of imidazole rings is 1. The highest BCUT2D eigenvalue weighted by molar-refractivity contribution is 5.77. The lowest BCUT2D eigenvalue weighted by atomic mass is 10.1. The Hall–Kier alpha value is -2.04. The Bertz CT molecular complexity index is 620.